The van der Waals surface area contributed by atoms with Crippen LogP contribution in [0.3, 0.4) is 0 Å². The molecule has 0 heterocycles. The first-order valence-electron chi connectivity index (χ1n) is 5.77. The van der Waals surface area contributed by atoms with Crippen molar-refractivity contribution in [2.45, 2.75) is 59.3 Å². The van der Waals surface area contributed by atoms with Crippen LogP contribution in [0.4, 0.5) is 0 Å². The molecule has 72 valence electrons. The van der Waals surface area contributed by atoms with Crippen LogP contribution in [0.25, 0.3) is 0 Å². The van der Waals surface area contributed by atoms with E-state index < -0.39 is 0 Å². The van der Waals surface area contributed by atoms with Crippen LogP contribution in [-0.2, 0) is 0 Å². The van der Waals surface area contributed by atoms with Gasteiger partial charge in [0.25, 0.3) is 0 Å². The van der Waals surface area contributed by atoms with Gasteiger partial charge in [-0.25, -0.2) is 0 Å². The third kappa shape index (κ3) is 2.50. The lowest BCUT2D eigenvalue weighted by Gasteiger charge is -2.21. The van der Waals surface area contributed by atoms with Crippen LogP contribution >= 0.6 is 0 Å². The molecule has 0 aromatic rings. The number of hydrogen-bond donors (Lipinski definition) is 0. The van der Waals surface area contributed by atoms with E-state index in [1.54, 1.807) is 0 Å². The summed E-state index contributed by atoms with van der Waals surface area (Å²) in [5, 5.41) is 0. The maximum atomic E-state index is 2.46. The highest BCUT2D eigenvalue weighted by Crippen LogP contribution is 2.34. The minimum absolute atomic E-state index is 0.988. The van der Waals surface area contributed by atoms with Gasteiger partial charge in [-0.3, -0.25) is 0 Å². The minimum Gasteiger partial charge on any atom is -0.0651 e. The molecule has 0 aromatic carbocycles. The summed E-state index contributed by atoms with van der Waals surface area (Å²) in [5.74, 6) is 3.06. The van der Waals surface area contributed by atoms with Crippen molar-refractivity contribution in [1.29, 1.82) is 0 Å². The van der Waals surface area contributed by atoms with E-state index in [0.29, 0.717) is 0 Å². The Labute approximate surface area is 77.7 Å². The molecule has 0 aliphatic heterocycles. The van der Waals surface area contributed by atoms with Gasteiger partial charge in [0.15, 0.2) is 0 Å². The van der Waals surface area contributed by atoms with Gasteiger partial charge in [0.05, 0.1) is 0 Å². The highest BCUT2D eigenvalue weighted by Gasteiger charge is 2.22. The van der Waals surface area contributed by atoms with Crippen molar-refractivity contribution < 1.29 is 0 Å². The Morgan fingerprint density at radius 3 is 2.42 bits per heavy atom. The maximum absolute atomic E-state index is 2.46. The molecule has 0 N–H and O–H groups in total. The molecule has 0 spiro atoms. The van der Waals surface area contributed by atoms with Crippen molar-refractivity contribution in [3.05, 3.63) is 0 Å². The average molecular weight is 168 g/mol. The largest absolute Gasteiger partial charge is 0.0651 e. The van der Waals surface area contributed by atoms with Gasteiger partial charge in [-0.1, -0.05) is 52.9 Å². The van der Waals surface area contributed by atoms with Gasteiger partial charge in [-0.05, 0) is 24.2 Å². The topological polar surface area (TPSA) is 0 Å². The lowest BCUT2D eigenvalue weighted by Crippen LogP contribution is -2.10. The predicted octanol–water partition coefficient (Wildman–Crippen LogP) is 4.25. The van der Waals surface area contributed by atoms with Crippen molar-refractivity contribution in [2.24, 2.45) is 17.8 Å². The van der Waals surface area contributed by atoms with Crippen molar-refractivity contribution in [2.75, 3.05) is 0 Å². The summed E-state index contributed by atoms with van der Waals surface area (Å²) in [7, 11) is 0. The van der Waals surface area contributed by atoms with Gasteiger partial charge in [0, 0.05) is 0 Å². The molecular formula is C12H24. The van der Waals surface area contributed by atoms with E-state index in [2.05, 4.69) is 20.8 Å². The van der Waals surface area contributed by atoms with E-state index in [0.717, 1.165) is 17.8 Å². The van der Waals surface area contributed by atoms with E-state index in [4.69, 9.17) is 0 Å². The summed E-state index contributed by atoms with van der Waals surface area (Å²) in [5.41, 5.74) is 0. The molecule has 0 saturated heterocycles. The summed E-state index contributed by atoms with van der Waals surface area (Å²) < 4.78 is 0. The summed E-state index contributed by atoms with van der Waals surface area (Å²) in [6.07, 6.45) is 8.78. The highest BCUT2D eigenvalue weighted by atomic mass is 14.3. The van der Waals surface area contributed by atoms with Gasteiger partial charge >= 0.3 is 0 Å². The number of hydrogen-bond acceptors (Lipinski definition) is 0. The third-order valence-corrected chi connectivity index (χ3v) is 3.80. The Hall–Kier alpha value is 0. The molecule has 1 fully saturated rings. The molecule has 0 bridgehead atoms. The molecule has 0 nitrogen and oxygen atoms in total. The predicted molar refractivity (Wildman–Crippen MR) is 55.2 cm³/mol. The van der Waals surface area contributed by atoms with Gasteiger partial charge in [-0.2, -0.15) is 0 Å². The minimum atomic E-state index is 0.988. The van der Waals surface area contributed by atoms with Gasteiger partial charge in [0.1, 0.15) is 0 Å². The summed E-state index contributed by atoms with van der Waals surface area (Å²) in [4.78, 5) is 0. The van der Waals surface area contributed by atoms with E-state index in [9.17, 15) is 0 Å². The second kappa shape index (κ2) is 4.89. The van der Waals surface area contributed by atoms with Crippen molar-refractivity contribution in [3.8, 4) is 0 Å². The molecule has 3 unspecified atom stereocenters. The fourth-order valence-electron chi connectivity index (χ4n) is 2.77. The molecule has 1 aliphatic rings. The van der Waals surface area contributed by atoms with Crippen LogP contribution in [0.2, 0.25) is 0 Å². The molecule has 0 aromatic heterocycles. The second-order valence-electron chi connectivity index (χ2n) is 4.59. The summed E-state index contributed by atoms with van der Waals surface area (Å²) in [6.45, 7) is 7.17. The Kier molecular flexibility index (Phi) is 4.11. The Morgan fingerprint density at radius 1 is 1.08 bits per heavy atom. The molecule has 1 saturated carbocycles. The fraction of sp³-hybridized carbons (Fsp3) is 1.00. The molecule has 0 amide bonds. The molecule has 3 atom stereocenters. The van der Waals surface area contributed by atoms with Crippen LogP contribution < -0.4 is 0 Å². The van der Waals surface area contributed by atoms with E-state index >= 15 is 0 Å². The van der Waals surface area contributed by atoms with Crippen LogP contribution in [0.1, 0.15) is 59.3 Å². The van der Waals surface area contributed by atoms with Crippen molar-refractivity contribution in [1.82, 2.24) is 0 Å². The van der Waals surface area contributed by atoms with Gasteiger partial charge in [-0.15, -0.1) is 0 Å². The van der Waals surface area contributed by atoms with Gasteiger partial charge < -0.3 is 0 Å². The molecule has 0 heteroatoms. The normalized spacial score (nSPS) is 37.8. The SMILES string of the molecule is CCC1CCCC(CC)C(C)C1. The number of rotatable bonds is 2. The lowest BCUT2D eigenvalue weighted by molar-refractivity contribution is 0.300. The van der Waals surface area contributed by atoms with Gasteiger partial charge in [0.2, 0.25) is 0 Å². The molecule has 0 radical (unpaired) electrons. The summed E-state index contributed by atoms with van der Waals surface area (Å²) in [6, 6.07) is 0. The smallest absolute Gasteiger partial charge is 0.0391 e. The van der Waals surface area contributed by atoms with E-state index in [1.807, 2.05) is 0 Å². The van der Waals surface area contributed by atoms with Crippen LogP contribution in [0.15, 0.2) is 0 Å². The first-order valence-corrected chi connectivity index (χ1v) is 5.77. The molecule has 1 rings (SSSR count). The maximum Gasteiger partial charge on any atom is -0.0391 e. The third-order valence-electron chi connectivity index (χ3n) is 3.80. The fourth-order valence-corrected chi connectivity index (χ4v) is 2.77. The van der Waals surface area contributed by atoms with Crippen LogP contribution in [-0.4, -0.2) is 0 Å². The standard InChI is InChI=1S/C12H24/c1-4-11-7-6-8-12(5-2)10(3)9-11/h10-12H,4-9H2,1-3H3. The zero-order valence-corrected chi connectivity index (χ0v) is 8.97. The van der Waals surface area contributed by atoms with E-state index in [-0.39, 0.29) is 0 Å². The molecule has 1 aliphatic carbocycles. The second-order valence-corrected chi connectivity index (χ2v) is 4.59. The summed E-state index contributed by atoms with van der Waals surface area (Å²) >= 11 is 0. The lowest BCUT2D eigenvalue weighted by atomic mass is 9.85. The van der Waals surface area contributed by atoms with Crippen molar-refractivity contribution >= 4 is 0 Å². The highest BCUT2D eigenvalue weighted by molar-refractivity contribution is 4.74. The van der Waals surface area contributed by atoms with Crippen LogP contribution in [0.5, 0.6) is 0 Å². The average Bonchev–Trinajstić information content (AvgIpc) is 2.26. The molecule has 12 heavy (non-hydrogen) atoms. The van der Waals surface area contributed by atoms with E-state index in [1.165, 1.54) is 38.5 Å². The monoisotopic (exact) mass is 168 g/mol. The Morgan fingerprint density at radius 2 is 1.83 bits per heavy atom. The first-order chi connectivity index (χ1) is 5.77. The quantitative estimate of drug-likeness (QED) is 0.541. The Balaban J connectivity index is 2.44. The Bertz CT molecular complexity index is 117. The zero-order chi connectivity index (χ0) is 8.97. The van der Waals surface area contributed by atoms with Crippen LogP contribution in [0, 0.1) is 17.8 Å². The molecular weight excluding hydrogens is 144 g/mol. The van der Waals surface area contributed by atoms with Crippen molar-refractivity contribution in [3.63, 3.8) is 0 Å². The first kappa shape index (κ1) is 10.1. The zero-order valence-electron chi connectivity index (χ0n) is 8.97.